The molecule has 0 bridgehead atoms. The molecule has 0 aliphatic carbocycles. The third-order valence-electron chi connectivity index (χ3n) is 7.74. The van der Waals surface area contributed by atoms with Crippen molar-refractivity contribution in [3.05, 3.63) is 65.9 Å². The Morgan fingerprint density at radius 2 is 1.91 bits per heavy atom. The molecule has 1 unspecified atom stereocenters. The monoisotopic (exact) mass is 473 g/mol. The van der Waals surface area contributed by atoms with Gasteiger partial charge in [-0.05, 0) is 56.4 Å². The minimum absolute atomic E-state index is 0.0451. The number of anilines is 1. The Balaban J connectivity index is 1.41. The Kier molecular flexibility index (Phi) is 5.83. The minimum Gasteiger partial charge on any atom is -0.367 e. The maximum atomic E-state index is 14.0. The lowest BCUT2D eigenvalue weighted by Crippen LogP contribution is -2.62. The van der Waals surface area contributed by atoms with Gasteiger partial charge in [-0.25, -0.2) is 0 Å². The van der Waals surface area contributed by atoms with Crippen LogP contribution >= 0.6 is 0 Å². The van der Waals surface area contributed by atoms with Crippen LogP contribution in [0.1, 0.15) is 37.8 Å². The van der Waals surface area contributed by atoms with Crippen LogP contribution in [0.15, 0.2) is 54.7 Å². The Morgan fingerprint density at radius 1 is 1.17 bits per heavy atom. The number of fused-ring (bicyclic) bond motifs is 2. The zero-order valence-electron chi connectivity index (χ0n) is 20.8. The Hall–Kier alpha value is -3.32. The van der Waals surface area contributed by atoms with Crippen molar-refractivity contribution in [2.45, 2.75) is 56.7 Å². The van der Waals surface area contributed by atoms with Crippen LogP contribution in [0, 0.1) is 0 Å². The summed E-state index contributed by atoms with van der Waals surface area (Å²) in [6.07, 6.45) is 5.24. The van der Waals surface area contributed by atoms with Crippen LogP contribution in [0.2, 0.25) is 0 Å². The molecule has 0 radical (unpaired) electrons. The van der Waals surface area contributed by atoms with E-state index in [0.29, 0.717) is 19.5 Å². The minimum atomic E-state index is -1.07. The van der Waals surface area contributed by atoms with Gasteiger partial charge in [0.15, 0.2) is 0 Å². The number of nitrogens with one attached hydrogen (secondary N) is 2. The van der Waals surface area contributed by atoms with Gasteiger partial charge < -0.3 is 25.8 Å². The first-order valence-corrected chi connectivity index (χ1v) is 12.4. The van der Waals surface area contributed by atoms with Crippen molar-refractivity contribution in [3.8, 4) is 0 Å². The van der Waals surface area contributed by atoms with Crippen molar-refractivity contribution in [2.24, 2.45) is 5.73 Å². The van der Waals surface area contributed by atoms with E-state index in [1.54, 1.807) is 13.8 Å². The van der Waals surface area contributed by atoms with E-state index in [1.165, 1.54) is 11.3 Å². The predicted molar refractivity (Wildman–Crippen MR) is 139 cm³/mol. The topological polar surface area (TPSA) is 94.5 Å². The third-order valence-corrected chi connectivity index (χ3v) is 7.74. The van der Waals surface area contributed by atoms with Crippen LogP contribution in [0.3, 0.4) is 0 Å². The number of carbonyl (C=O) groups excluding carboxylic acids is 2. The average molecular weight is 474 g/mol. The first-order chi connectivity index (χ1) is 16.7. The highest BCUT2D eigenvalue weighted by atomic mass is 16.2. The van der Waals surface area contributed by atoms with Crippen molar-refractivity contribution in [1.82, 2.24) is 15.2 Å². The Labute approximate surface area is 206 Å². The second-order valence-corrected chi connectivity index (χ2v) is 10.8. The van der Waals surface area contributed by atoms with Gasteiger partial charge in [-0.2, -0.15) is 0 Å². The quantitative estimate of drug-likeness (QED) is 0.531. The van der Waals surface area contributed by atoms with Gasteiger partial charge in [0.1, 0.15) is 6.04 Å². The summed E-state index contributed by atoms with van der Waals surface area (Å²) in [6.45, 7) is 4.66. The number of amides is 2. The number of carbonyl (C=O) groups is 2. The molecular weight excluding hydrogens is 438 g/mol. The van der Waals surface area contributed by atoms with Gasteiger partial charge in [-0.1, -0.05) is 36.4 Å². The van der Waals surface area contributed by atoms with Gasteiger partial charge in [0.05, 0.1) is 11.1 Å². The van der Waals surface area contributed by atoms with E-state index in [9.17, 15) is 9.59 Å². The number of likely N-dealkylation sites (tertiary alicyclic amines) is 1. The highest BCUT2D eigenvalue weighted by molar-refractivity contribution is 5.92. The summed E-state index contributed by atoms with van der Waals surface area (Å²) < 4.78 is 0. The number of benzene rings is 2. The van der Waals surface area contributed by atoms with Gasteiger partial charge >= 0.3 is 0 Å². The third kappa shape index (κ3) is 4.29. The maximum absolute atomic E-state index is 14.0. The molecule has 2 aromatic carbocycles. The van der Waals surface area contributed by atoms with E-state index in [0.717, 1.165) is 35.7 Å². The summed E-state index contributed by atoms with van der Waals surface area (Å²) in [7, 11) is 2.14. The second kappa shape index (κ2) is 8.72. The lowest BCUT2D eigenvalue weighted by atomic mass is 9.85. The number of likely N-dealkylation sites (N-methyl/N-ethyl adjacent to an activating group) is 1. The van der Waals surface area contributed by atoms with Crippen molar-refractivity contribution in [2.75, 3.05) is 25.0 Å². The molecule has 7 nitrogen and oxygen atoms in total. The first kappa shape index (κ1) is 23.4. The fraction of sp³-hybridized carbons (Fsp3) is 0.429. The molecule has 1 spiro atoms. The van der Waals surface area contributed by atoms with Gasteiger partial charge in [0, 0.05) is 49.3 Å². The maximum Gasteiger partial charge on any atom is 0.245 e. The second-order valence-electron chi connectivity index (χ2n) is 10.8. The summed E-state index contributed by atoms with van der Waals surface area (Å²) in [6, 6.07) is 15.8. The van der Waals surface area contributed by atoms with E-state index >= 15 is 0 Å². The molecule has 0 saturated carbocycles. The van der Waals surface area contributed by atoms with Gasteiger partial charge in [-0.15, -0.1) is 0 Å². The van der Waals surface area contributed by atoms with Crippen LogP contribution in [-0.4, -0.2) is 59.0 Å². The molecule has 1 fully saturated rings. The molecule has 2 atom stereocenters. The molecule has 3 heterocycles. The summed E-state index contributed by atoms with van der Waals surface area (Å²) in [5.74, 6) is -0.371. The van der Waals surface area contributed by atoms with Gasteiger partial charge in [-0.3, -0.25) is 9.59 Å². The van der Waals surface area contributed by atoms with E-state index in [4.69, 9.17) is 5.73 Å². The van der Waals surface area contributed by atoms with Crippen LogP contribution in [0.25, 0.3) is 10.9 Å². The molecule has 4 N–H and O–H groups in total. The van der Waals surface area contributed by atoms with E-state index < -0.39 is 11.6 Å². The molecule has 1 saturated heterocycles. The molecule has 2 aliphatic heterocycles. The van der Waals surface area contributed by atoms with Crippen LogP contribution in [-0.2, 0) is 22.4 Å². The number of rotatable bonds is 5. The zero-order chi connectivity index (χ0) is 24.8. The highest BCUT2D eigenvalue weighted by Gasteiger charge is 2.46. The molecule has 1 aromatic heterocycles. The SMILES string of the molecule is CN1c2ccccc2CC12CCCN(C(=O)[C@@H](Cc1c[nH]c3ccccc13)NC(=O)C(C)(C)N)C2. The standard InChI is InChI=1S/C28H35N5O2/c1-27(2,29)26(35)31-23(15-20-17-30-22-11-6-5-10-21(20)22)25(34)33-14-8-13-28(18-33)16-19-9-4-7-12-24(19)32(28)3/h4-7,9-12,17,23,30H,8,13-16,18,29H2,1-3H3,(H,31,35)/t23-,28?/m1/s1. The molecular formula is C28H35N5O2. The smallest absolute Gasteiger partial charge is 0.245 e. The largest absolute Gasteiger partial charge is 0.367 e. The number of aromatic nitrogens is 1. The summed E-state index contributed by atoms with van der Waals surface area (Å²) in [5, 5.41) is 4.04. The Morgan fingerprint density at radius 3 is 2.69 bits per heavy atom. The molecule has 3 aromatic rings. The number of nitrogens with zero attached hydrogens (tertiary/aromatic N) is 2. The summed E-state index contributed by atoms with van der Waals surface area (Å²) in [5.41, 5.74) is 9.49. The molecule has 7 heteroatoms. The number of nitrogens with two attached hydrogens (primary N) is 1. The van der Waals surface area contributed by atoms with Crippen molar-refractivity contribution in [3.63, 3.8) is 0 Å². The van der Waals surface area contributed by atoms with Crippen molar-refractivity contribution < 1.29 is 9.59 Å². The Bertz CT molecular complexity index is 1260. The van der Waals surface area contributed by atoms with Crippen LogP contribution in [0.5, 0.6) is 0 Å². The lowest BCUT2D eigenvalue weighted by molar-refractivity contribution is -0.139. The average Bonchev–Trinajstić information content (AvgIpc) is 3.36. The molecule has 2 aliphatic rings. The fourth-order valence-electron chi connectivity index (χ4n) is 5.72. The summed E-state index contributed by atoms with van der Waals surface area (Å²) in [4.78, 5) is 34.5. The number of hydrogen-bond acceptors (Lipinski definition) is 4. The van der Waals surface area contributed by atoms with E-state index in [1.807, 2.05) is 35.4 Å². The number of hydrogen-bond donors (Lipinski definition) is 3. The van der Waals surface area contributed by atoms with E-state index in [2.05, 4.69) is 46.5 Å². The molecule has 5 rings (SSSR count). The van der Waals surface area contributed by atoms with Crippen molar-refractivity contribution in [1.29, 1.82) is 0 Å². The lowest BCUT2D eigenvalue weighted by Gasteiger charge is -2.46. The van der Waals surface area contributed by atoms with Gasteiger partial charge in [0.25, 0.3) is 0 Å². The van der Waals surface area contributed by atoms with Crippen LogP contribution < -0.4 is 16.0 Å². The molecule has 2 amide bonds. The molecule has 35 heavy (non-hydrogen) atoms. The zero-order valence-corrected chi connectivity index (χ0v) is 20.8. The normalized spacial score (nSPS) is 20.8. The molecule has 184 valence electrons. The highest BCUT2D eigenvalue weighted by Crippen LogP contribution is 2.42. The summed E-state index contributed by atoms with van der Waals surface area (Å²) >= 11 is 0. The fourth-order valence-corrected chi connectivity index (χ4v) is 5.72. The van der Waals surface area contributed by atoms with Gasteiger partial charge in [0.2, 0.25) is 11.8 Å². The number of para-hydroxylation sites is 2. The number of H-pyrrole nitrogens is 1. The van der Waals surface area contributed by atoms with Crippen LogP contribution in [0.4, 0.5) is 5.69 Å². The predicted octanol–water partition coefficient (Wildman–Crippen LogP) is 2.99. The number of piperidine rings is 1. The number of aromatic amines is 1. The van der Waals surface area contributed by atoms with E-state index in [-0.39, 0.29) is 17.4 Å². The van der Waals surface area contributed by atoms with Crippen molar-refractivity contribution >= 4 is 28.4 Å². The first-order valence-electron chi connectivity index (χ1n) is 12.4.